The first-order valence-corrected chi connectivity index (χ1v) is 6.14. The van der Waals surface area contributed by atoms with Gasteiger partial charge in [-0.05, 0) is 41.1 Å². The molecule has 0 bridgehead atoms. The summed E-state index contributed by atoms with van der Waals surface area (Å²) in [4.78, 5) is 0. The lowest BCUT2D eigenvalue weighted by Gasteiger charge is -2.10. The van der Waals surface area contributed by atoms with Crippen LogP contribution in [-0.2, 0) is 6.54 Å². The van der Waals surface area contributed by atoms with Gasteiger partial charge in [-0.3, -0.25) is 0 Å². The molecular weight excluding hydrogens is 262 g/mol. The van der Waals surface area contributed by atoms with Crippen LogP contribution in [0, 0.1) is 0 Å². The monoisotopic (exact) mass is 281 g/mol. The van der Waals surface area contributed by atoms with Crippen LogP contribution < -0.4 is 14.8 Å². The van der Waals surface area contributed by atoms with Gasteiger partial charge < -0.3 is 14.8 Å². The second-order valence-corrected chi connectivity index (χ2v) is 4.17. The summed E-state index contributed by atoms with van der Waals surface area (Å²) in [6.07, 6.45) is 0. The molecule has 0 spiro atoms. The normalized spacial score (nSPS) is 10.1. The molecule has 0 amide bonds. The first-order valence-electron chi connectivity index (χ1n) is 6.14. The Morgan fingerprint density at radius 2 is 1.58 bits per heavy atom. The topological polar surface area (TPSA) is 30.5 Å². The second-order valence-electron chi connectivity index (χ2n) is 4.17. The molecule has 0 aliphatic carbocycles. The molecule has 0 radical (unpaired) electrons. The van der Waals surface area contributed by atoms with Gasteiger partial charge in [-0.2, -0.15) is 0 Å². The van der Waals surface area contributed by atoms with Gasteiger partial charge in [-0.15, -0.1) is 12.4 Å². The van der Waals surface area contributed by atoms with Crippen LogP contribution in [0.4, 0.5) is 0 Å². The van der Waals surface area contributed by atoms with Crippen molar-refractivity contribution in [1.29, 1.82) is 0 Å². The van der Waals surface area contributed by atoms with E-state index in [2.05, 4.69) is 30.4 Å². The number of hydrogen-bond acceptors (Lipinski definition) is 3. The average Bonchev–Trinajstić information content (AvgIpc) is 2.43. The fraction of sp³-hybridized carbons (Fsp3) is 0.333. The number of ether oxygens (including phenoxy) is 2. The zero-order valence-electron chi connectivity index (χ0n) is 11.5. The van der Waals surface area contributed by atoms with E-state index in [9.17, 15) is 0 Å². The van der Waals surface area contributed by atoms with E-state index in [0.717, 1.165) is 30.0 Å². The Labute approximate surface area is 120 Å². The van der Waals surface area contributed by atoms with E-state index in [1.807, 2.05) is 12.1 Å². The Bertz CT molecular complexity index is 543. The number of halogens is 1. The predicted molar refractivity (Wildman–Crippen MR) is 81.7 cm³/mol. The minimum Gasteiger partial charge on any atom is -0.493 e. The zero-order chi connectivity index (χ0) is 13.0. The minimum atomic E-state index is 0. The third-order valence-electron chi connectivity index (χ3n) is 2.99. The van der Waals surface area contributed by atoms with E-state index in [4.69, 9.17) is 9.47 Å². The number of hydrogen-bond donors (Lipinski definition) is 1. The van der Waals surface area contributed by atoms with Gasteiger partial charge in [0.05, 0.1) is 14.2 Å². The van der Waals surface area contributed by atoms with E-state index in [1.54, 1.807) is 14.2 Å². The average molecular weight is 282 g/mol. The number of rotatable bonds is 5. The van der Waals surface area contributed by atoms with Crippen LogP contribution in [0.2, 0.25) is 0 Å². The summed E-state index contributed by atoms with van der Waals surface area (Å²) in [5.41, 5.74) is 1.27. The van der Waals surface area contributed by atoms with Crippen molar-refractivity contribution >= 4 is 23.2 Å². The van der Waals surface area contributed by atoms with Crippen LogP contribution >= 0.6 is 12.4 Å². The zero-order valence-corrected chi connectivity index (χ0v) is 12.3. The number of fused-ring (bicyclic) bond motifs is 1. The second kappa shape index (κ2) is 7.22. The van der Waals surface area contributed by atoms with Crippen molar-refractivity contribution in [2.75, 3.05) is 20.8 Å². The first kappa shape index (κ1) is 15.6. The molecule has 0 saturated carbocycles. The molecule has 2 aromatic rings. The molecule has 4 heteroatoms. The maximum absolute atomic E-state index is 5.32. The van der Waals surface area contributed by atoms with E-state index < -0.39 is 0 Å². The van der Waals surface area contributed by atoms with Crippen LogP contribution in [0.3, 0.4) is 0 Å². The third-order valence-corrected chi connectivity index (χ3v) is 2.99. The molecule has 0 fully saturated rings. The van der Waals surface area contributed by atoms with Gasteiger partial charge in [0.2, 0.25) is 0 Å². The first-order chi connectivity index (χ1) is 8.78. The molecule has 0 aliphatic heterocycles. The maximum atomic E-state index is 5.32. The summed E-state index contributed by atoms with van der Waals surface area (Å²) in [7, 11) is 3.31. The Balaban J connectivity index is 0.00000180. The fourth-order valence-electron chi connectivity index (χ4n) is 2.00. The van der Waals surface area contributed by atoms with Crippen molar-refractivity contribution in [2.45, 2.75) is 13.5 Å². The minimum absolute atomic E-state index is 0. The quantitative estimate of drug-likeness (QED) is 0.911. The molecule has 0 heterocycles. The van der Waals surface area contributed by atoms with E-state index >= 15 is 0 Å². The van der Waals surface area contributed by atoms with Crippen LogP contribution in [0.15, 0.2) is 30.3 Å². The molecule has 0 saturated heterocycles. The summed E-state index contributed by atoms with van der Waals surface area (Å²) < 4.78 is 10.6. The molecule has 0 aromatic heterocycles. The highest BCUT2D eigenvalue weighted by Gasteiger charge is 2.06. The fourth-order valence-corrected chi connectivity index (χ4v) is 2.00. The van der Waals surface area contributed by atoms with Crippen molar-refractivity contribution in [3.05, 3.63) is 35.9 Å². The Morgan fingerprint density at radius 1 is 0.947 bits per heavy atom. The number of nitrogens with one attached hydrogen (secondary N) is 1. The van der Waals surface area contributed by atoms with E-state index in [-0.39, 0.29) is 12.4 Å². The SMILES string of the molecule is CCNCc1ccc2cc(OC)c(OC)cc2c1.Cl. The molecule has 19 heavy (non-hydrogen) atoms. The van der Waals surface area contributed by atoms with Gasteiger partial charge in [0.1, 0.15) is 0 Å². The van der Waals surface area contributed by atoms with Gasteiger partial charge in [0.25, 0.3) is 0 Å². The van der Waals surface area contributed by atoms with Gasteiger partial charge in [-0.1, -0.05) is 19.1 Å². The molecule has 0 unspecified atom stereocenters. The van der Waals surface area contributed by atoms with Crippen molar-refractivity contribution < 1.29 is 9.47 Å². The van der Waals surface area contributed by atoms with Gasteiger partial charge in [0, 0.05) is 6.54 Å². The molecule has 3 nitrogen and oxygen atoms in total. The molecule has 0 atom stereocenters. The van der Waals surface area contributed by atoms with Crippen LogP contribution in [0.5, 0.6) is 11.5 Å². The Morgan fingerprint density at radius 3 is 2.16 bits per heavy atom. The summed E-state index contributed by atoms with van der Waals surface area (Å²) in [5, 5.41) is 5.65. The summed E-state index contributed by atoms with van der Waals surface area (Å²) in [6, 6.07) is 10.5. The van der Waals surface area contributed by atoms with Crippen LogP contribution in [0.25, 0.3) is 10.8 Å². The molecule has 2 rings (SSSR count). The van der Waals surface area contributed by atoms with Crippen LogP contribution in [0.1, 0.15) is 12.5 Å². The molecule has 104 valence electrons. The predicted octanol–water partition coefficient (Wildman–Crippen LogP) is 3.39. The molecule has 1 N–H and O–H groups in total. The van der Waals surface area contributed by atoms with Gasteiger partial charge in [0.15, 0.2) is 11.5 Å². The van der Waals surface area contributed by atoms with Crippen molar-refractivity contribution in [3.63, 3.8) is 0 Å². The lowest BCUT2D eigenvalue weighted by Crippen LogP contribution is -2.11. The van der Waals surface area contributed by atoms with Gasteiger partial charge >= 0.3 is 0 Å². The number of benzene rings is 2. The Hall–Kier alpha value is -1.45. The highest BCUT2D eigenvalue weighted by molar-refractivity contribution is 5.86. The molecule has 0 aliphatic rings. The summed E-state index contributed by atoms with van der Waals surface area (Å²) in [6.45, 7) is 3.97. The summed E-state index contributed by atoms with van der Waals surface area (Å²) in [5.74, 6) is 1.54. The highest BCUT2D eigenvalue weighted by Crippen LogP contribution is 2.32. The summed E-state index contributed by atoms with van der Waals surface area (Å²) >= 11 is 0. The van der Waals surface area contributed by atoms with Gasteiger partial charge in [-0.25, -0.2) is 0 Å². The van der Waals surface area contributed by atoms with E-state index in [0.29, 0.717) is 0 Å². The Kier molecular flexibility index (Phi) is 5.93. The largest absolute Gasteiger partial charge is 0.493 e. The smallest absolute Gasteiger partial charge is 0.161 e. The lowest BCUT2D eigenvalue weighted by atomic mass is 10.1. The highest BCUT2D eigenvalue weighted by atomic mass is 35.5. The molecular formula is C15H20ClNO2. The van der Waals surface area contributed by atoms with Crippen molar-refractivity contribution in [2.24, 2.45) is 0 Å². The van der Waals surface area contributed by atoms with Crippen molar-refractivity contribution in [1.82, 2.24) is 5.32 Å². The number of methoxy groups -OCH3 is 2. The lowest BCUT2D eigenvalue weighted by molar-refractivity contribution is 0.356. The maximum Gasteiger partial charge on any atom is 0.161 e. The third kappa shape index (κ3) is 3.52. The van der Waals surface area contributed by atoms with Crippen LogP contribution in [-0.4, -0.2) is 20.8 Å². The van der Waals surface area contributed by atoms with Crippen molar-refractivity contribution in [3.8, 4) is 11.5 Å². The van der Waals surface area contributed by atoms with E-state index in [1.165, 1.54) is 10.9 Å². The standard InChI is InChI=1S/C15H19NO2.ClH/c1-4-16-10-11-5-6-12-8-14(17-2)15(18-3)9-13(12)7-11;/h5-9,16H,4,10H2,1-3H3;1H. The molecule has 2 aromatic carbocycles.